The van der Waals surface area contributed by atoms with Gasteiger partial charge in [-0.25, -0.2) is 0 Å². The second-order valence-electron chi connectivity index (χ2n) is 5.07. The van der Waals surface area contributed by atoms with Gasteiger partial charge in [0.1, 0.15) is 0 Å². The van der Waals surface area contributed by atoms with Crippen LogP contribution < -0.4 is 5.32 Å². The maximum atomic E-state index is 12.2. The number of hydrogen-bond acceptors (Lipinski definition) is 2. The Morgan fingerprint density at radius 3 is 2.78 bits per heavy atom. The highest BCUT2D eigenvalue weighted by Crippen LogP contribution is 2.32. The normalized spacial score (nSPS) is 24.8. The van der Waals surface area contributed by atoms with Crippen molar-refractivity contribution in [2.45, 2.75) is 19.3 Å². The molecule has 1 aromatic carbocycles. The molecule has 0 spiro atoms. The highest BCUT2D eigenvalue weighted by molar-refractivity contribution is 5.80. The Morgan fingerprint density at radius 1 is 1.39 bits per heavy atom. The number of rotatable bonds is 3. The average molecular weight is 246 g/mol. The van der Waals surface area contributed by atoms with Crippen LogP contribution in [0, 0.1) is 5.92 Å². The fourth-order valence-corrected chi connectivity index (χ4v) is 2.79. The molecule has 2 unspecified atom stereocenters. The lowest BCUT2D eigenvalue weighted by Crippen LogP contribution is -2.45. The molecule has 98 valence electrons. The fourth-order valence-electron chi connectivity index (χ4n) is 2.79. The summed E-state index contributed by atoms with van der Waals surface area (Å²) in [5.74, 6) is 0.623. The maximum absolute atomic E-state index is 12.2. The zero-order valence-corrected chi connectivity index (χ0v) is 11.2. The van der Waals surface area contributed by atoms with Crippen molar-refractivity contribution in [1.29, 1.82) is 0 Å². The molecule has 0 saturated carbocycles. The Morgan fingerprint density at radius 2 is 2.11 bits per heavy atom. The first kappa shape index (κ1) is 13.1. The van der Waals surface area contributed by atoms with E-state index in [1.54, 1.807) is 0 Å². The van der Waals surface area contributed by atoms with Crippen LogP contribution in [-0.4, -0.2) is 37.5 Å². The third-order valence-electron chi connectivity index (χ3n) is 3.73. The second-order valence-corrected chi connectivity index (χ2v) is 5.07. The smallest absolute Gasteiger partial charge is 0.225 e. The Hall–Kier alpha value is -1.35. The molecule has 2 rings (SSSR count). The molecule has 0 aromatic heterocycles. The molecular weight excluding hydrogens is 224 g/mol. The lowest BCUT2D eigenvalue weighted by Gasteiger charge is -2.36. The van der Waals surface area contributed by atoms with E-state index in [4.69, 9.17) is 0 Å². The predicted octanol–water partition coefficient (Wildman–Crippen LogP) is 1.86. The number of carbonyl (C=O) groups excluding carboxylic acids is 1. The predicted molar refractivity (Wildman–Crippen MR) is 73.5 cm³/mol. The number of nitrogens with one attached hydrogen (secondary N) is 1. The van der Waals surface area contributed by atoms with Crippen LogP contribution in [0.2, 0.25) is 0 Å². The van der Waals surface area contributed by atoms with E-state index in [0.29, 0.717) is 12.5 Å². The molecule has 1 N–H and O–H groups in total. The van der Waals surface area contributed by atoms with Crippen LogP contribution in [0.4, 0.5) is 0 Å². The molecule has 1 aliphatic rings. The first-order valence-electron chi connectivity index (χ1n) is 6.73. The van der Waals surface area contributed by atoms with Crippen LogP contribution in [-0.2, 0) is 4.79 Å². The van der Waals surface area contributed by atoms with Gasteiger partial charge in [-0.2, -0.15) is 0 Å². The Balaban J connectivity index is 2.18. The molecular formula is C15H22N2O. The Kier molecular flexibility index (Phi) is 4.37. The molecule has 1 heterocycles. The summed E-state index contributed by atoms with van der Waals surface area (Å²) in [4.78, 5) is 14.4. The summed E-state index contributed by atoms with van der Waals surface area (Å²) >= 11 is 0. The topological polar surface area (TPSA) is 32.3 Å². The van der Waals surface area contributed by atoms with Gasteiger partial charge in [0.05, 0.1) is 5.92 Å². The summed E-state index contributed by atoms with van der Waals surface area (Å²) in [5.41, 5.74) is 1.29. The van der Waals surface area contributed by atoms with Gasteiger partial charge in [-0.15, -0.1) is 0 Å². The Labute approximate surface area is 109 Å². The molecule has 1 amide bonds. The summed E-state index contributed by atoms with van der Waals surface area (Å²) in [5, 5.41) is 2.97. The average Bonchev–Trinajstić information content (AvgIpc) is 2.40. The van der Waals surface area contributed by atoms with E-state index in [0.717, 1.165) is 19.5 Å². The van der Waals surface area contributed by atoms with E-state index in [1.807, 2.05) is 13.0 Å². The van der Waals surface area contributed by atoms with Gasteiger partial charge in [-0.1, -0.05) is 30.3 Å². The maximum Gasteiger partial charge on any atom is 0.225 e. The molecule has 0 radical (unpaired) electrons. The molecule has 3 nitrogen and oxygen atoms in total. The molecule has 2 atom stereocenters. The number of nitrogens with zero attached hydrogens (tertiary/aromatic N) is 1. The minimum atomic E-state index is 0.0751. The second kappa shape index (κ2) is 6.01. The summed E-state index contributed by atoms with van der Waals surface area (Å²) in [6, 6.07) is 10.4. The molecule has 0 bridgehead atoms. The van der Waals surface area contributed by atoms with Gasteiger partial charge in [0.25, 0.3) is 0 Å². The minimum absolute atomic E-state index is 0.0751. The fraction of sp³-hybridized carbons (Fsp3) is 0.533. The van der Waals surface area contributed by atoms with Gasteiger partial charge in [0.15, 0.2) is 0 Å². The largest absolute Gasteiger partial charge is 0.356 e. The summed E-state index contributed by atoms with van der Waals surface area (Å²) in [7, 11) is 2.09. The molecule has 18 heavy (non-hydrogen) atoms. The van der Waals surface area contributed by atoms with Crippen molar-refractivity contribution in [3.63, 3.8) is 0 Å². The lowest BCUT2D eigenvalue weighted by molar-refractivity contribution is -0.127. The van der Waals surface area contributed by atoms with E-state index in [1.165, 1.54) is 5.56 Å². The number of carbonyl (C=O) groups is 1. The lowest BCUT2D eigenvalue weighted by atomic mass is 9.80. The standard InChI is InChI=1S/C15H22N2O/c1-3-16-15(18)14-11-17(2)10-9-13(14)12-7-5-4-6-8-12/h4-8,13-14H,3,9-11H2,1-2H3,(H,16,18). The van der Waals surface area contributed by atoms with Crippen molar-refractivity contribution in [1.82, 2.24) is 10.2 Å². The number of hydrogen-bond donors (Lipinski definition) is 1. The van der Waals surface area contributed by atoms with E-state index in [2.05, 4.69) is 41.5 Å². The van der Waals surface area contributed by atoms with Crippen LogP contribution in [0.25, 0.3) is 0 Å². The van der Waals surface area contributed by atoms with Crippen molar-refractivity contribution in [3.05, 3.63) is 35.9 Å². The zero-order chi connectivity index (χ0) is 13.0. The third kappa shape index (κ3) is 2.91. The first-order valence-corrected chi connectivity index (χ1v) is 6.73. The molecule has 0 aliphatic carbocycles. The van der Waals surface area contributed by atoms with E-state index in [9.17, 15) is 4.79 Å². The highest BCUT2D eigenvalue weighted by atomic mass is 16.1. The molecule has 1 aromatic rings. The number of piperidine rings is 1. The van der Waals surface area contributed by atoms with Crippen molar-refractivity contribution >= 4 is 5.91 Å². The van der Waals surface area contributed by atoms with Crippen molar-refractivity contribution in [3.8, 4) is 0 Å². The van der Waals surface area contributed by atoms with Crippen LogP contribution >= 0.6 is 0 Å². The van der Waals surface area contributed by atoms with E-state index >= 15 is 0 Å². The number of likely N-dealkylation sites (tertiary alicyclic amines) is 1. The molecule has 3 heteroatoms. The zero-order valence-electron chi connectivity index (χ0n) is 11.2. The van der Waals surface area contributed by atoms with Gasteiger partial charge in [0, 0.05) is 13.1 Å². The molecule has 1 saturated heterocycles. The molecule has 1 fully saturated rings. The van der Waals surface area contributed by atoms with Crippen LogP contribution in [0.15, 0.2) is 30.3 Å². The first-order chi connectivity index (χ1) is 8.72. The quantitative estimate of drug-likeness (QED) is 0.883. The van der Waals surface area contributed by atoms with E-state index < -0.39 is 0 Å². The van der Waals surface area contributed by atoms with Crippen molar-refractivity contribution in [2.24, 2.45) is 5.92 Å². The highest BCUT2D eigenvalue weighted by Gasteiger charge is 2.33. The molecule has 1 aliphatic heterocycles. The third-order valence-corrected chi connectivity index (χ3v) is 3.73. The van der Waals surface area contributed by atoms with Gasteiger partial charge < -0.3 is 10.2 Å². The van der Waals surface area contributed by atoms with Crippen LogP contribution in [0.1, 0.15) is 24.8 Å². The minimum Gasteiger partial charge on any atom is -0.356 e. The van der Waals surface area contributed by atoms with Crippen LogP contribution in [0.5, 0.6) is 0 Å². The summed E-state index contributed by atoms with van der Waals surface area (Å²) in [6.07, 6.45) is 1.06. The Bertz CT molecular complexity index is 391. The summed E-state index contributed by atoms with van der Waals surface area (Å²) in [6.45, 7) is 4.60. The SMILES string of the molecule is CCNC(=O)C1CN(C)CCC1c1ccccc1. The number of amides is 1. The van der Waals surface area contributed by atoms with E-state index in [-0.39, 0.29) is 11.8 Å². The van der Waals surface area contributed by atoms with Crippen molar-refractivity contribution < 1.29 is 4.79 Å². The van der Waals surface area contributed by atoms with Gasteiger partial charge in [-0.05, 0) is 38.4 Å². The van der Waals surface area contributed by atoms with Gasteiger partial charge in [-0.3, -0.25) is 4.79 Å². The number of benzene rings is 1. The summed E-state index contributed by atoms with van der Waals surface area (Å²) < 4.78 is 0. The van der Waals surface area contributed by atoms with Gasteiger partial charge >= 0.3 is 0 Å². The van der Waals surface area contributed by atoms with Gasteiger partial charge in [0.2, 0.25) is 5.91 Å². The van der Waals surface area contributed by atoms with Crippen molar-refractivity contribution in [2.75, 3.05) is 26.7 Å². The monoisotopic (exact) mass is 246 g/mol. The van der Waals surface area contributed by atoms with Crippen LogP contribution in [0.3, 0.4) is 0 Å².